The molecule has 0 amide bonds. The molecule has 1 aliphatic heterocycles. The third-order valence-corrected chi connectivity index (χ3v) is 4.01. The largest absolute Gasteiger partial charge is 0.401 e. The Balaban J connectivity index is 1.52. The smallest absolute Gasteiger partial charge is 0.296 e. The molecule has 128 valence electrons. The van der Waals surface area contributed by atoms with Gasteiger partial charge in [0.25, 0.3) is 0 Å². The lowest BCUT2D eigenvalue weighted by atomic mass is 10.2. The minimum atomic E-state index is -4.12. The maximum absolute atomic E-state index is 12.4. The average Bonchev–Trinajstić information content (AvgIpc) is 2.57. The summed E-state index contributed by atoms with van der Waals surface area (Å²) in [5.74, 6) is 0.675. The first kappa shape index (κ1) is 16.9. The highest BCUT2D eigenvalue weighted by atomic mass is 19.4. The van der Waals surface area contributed by atoms with Crippen molar-refractivity contribution in [2.75, 3.05) is 32.7 Å². The van der Waals surface area contributed by atoms with Gasteiger partial charge in [-0.15, -0.1) is 0 Å². The molecule has 2 aromatic rings. The van der Waals surface area contributed by atoms with Gasteiger partial charge in [-0.1, -0.05) is 30.3 Å². The molecule has 1 fully saturated rings. The molecular weight excluding hydrogens is 317 g/mol. The van der Waals surface area contributed by atoms with Gasteiger partial charge in [-0.3, -0.25) is 9.80 Å². The van der Waals surface area contributed by atoms with E-state index in [1.54, 1.807) is 12.4 Å². The third kappa shape index (κ3) is 4.75. The molecule has 24 heavy (non-hydrogen) atoms. The van der Waals surface area contributed by atoms with Gasteiger partial charge in [0, 0.05) is 56.2 Å². The molecule has 1 aromatic heterocycles. The van der Waals surface area contributed by atoms with Gasteiger partial charge in [-0.05, 0) is 0 Å². The summed E-state index contributed by atoms with van der Waals surface area (Å²) in [6.07, 6.45) is -0.544. The normalized spacial score (nSPS) is 17.1. The lowest BCUT2D eigenvalue weighted by Crippen LogP contribution is -2.48. The Labute approximate surface area is 138 Å². The fraction of sp³-hybridized carbons (Fsp3) is 0.412. The summed E-state index contributed by atoms with van der Waals surface area (Å²) < 4.78 is 37.2. The van der Waals surface area contributed by atoms with Gasteiger partial charge in [-0.25, -0.2) is 9.97 Å². The summed E-state index contributed by atoms with van der Waals surface area (Å²) >= 11 is 0. The van der Waals surface area contributed by atoms with E-state index in [0.29, 0.717) is 38.5 Å². The van der Waals surface area contributed by atoms with Crippen LogP contribution in [0.4, 0.5) is 13.2 Å². The van der Waals surface area contributed by atoms with Crippen LogP contribution in [0.25, 0.3) is 11.4 Å². The average molecular weight is 336 g/mol. The Hall–Kier alpha value is -1.99. The monoisotopic (exact) mass is 336 g/mol. The first-order chi connectivity index (χ1) is 11.5. The summed E-state index contributed by atoms with van der Waals surface area (Å²) in [6, 6.07) is 9.72. The predicted octanol–water partition coefficient (Wildman–Crippen LogP) is 2.82. The first-order valence-electron chi connectivity index (χ1n) is 7.87. The summed E-state index contributed by atoms with van der Waals surface area (Å²) in [4.78, 5) is 12.3. The van der Waals surface area contributed by atoms with Crippen molar-refractivity contribution in [3.63, 3.8) is 0 Å². The van der Waals surface area contributed by atoms with Crippen LogP contribution in [0.1, 0.15) is 5.56 Å². The minimum Gasteiger partial charge on any atom is -0.296 e. The number of rotatable bonds is 4. The maximum atomic E-state index is 12.4. The van der Waals surface area contributed by atoms with Crippen LogP contribution in [0.2, 0.25) is 0 Å². The molecule has 0 saturated carbocycles. The number of hydrogen-bond donors (Lipinski definition) is 0. The molecule has 7 heteroatoms. The van der Waals surface area contributed by atoms with E-state index in [0.717, 1.165) is 11.1 Å². The summed E-state index contributed by atoms with van der Waals surface area (Å²) in [7, 11) is 0. The van der Waals surface area contributed by atoms with Gasteiger partial charge < -0.3 is 0 Å². The zero-order valence-electron chi connectivity index (χ0n) is 13.2. The number of aromatic nitrogens is 2. The van der Waals surface area contributed by atoms with Crippen molar-refractivity contribution in [2.24, 2.45) is 0 Å². The molecule has 4 nitrogen and oxygen atoms in total. The van der Waals surface area contributed by atoms with Crippen LogP contribution in [-0.4, -0.2) is 58.7 Å². The third-order valence-electron chi connectivity index (χ3n) is 4.01. The minimum absolute atomic E-state index is 0.433. The van der Waals surface area contributed by atoms with Gasteiger partial charge in [0.1, 0.15) is 0 Å². The van der Waals surface area contributed by atoms with Crippen LogP contribution in [0.15, 0.2) is 42.7 Å². The molecule has 0 aliphatic carbocycles. The van der Waals surface area contributed by atoms with Crippen LogP contribution in [-0.2, 0) is 6.54 Å². The molecular formula is C17H19F3N4. The fourth-order valence-electron chi connectivity index (χ4n) is 2.79. The second-order valence-electron chi connectivity index (χ2n) is 5.95. The molecule has 1 aromatic carbocycles. The lowest BCUT2D eigenvalue weighted by Gasteiger charge is -2.34. The van der Waals surface area contributed by atoms with Crippen molar-refractivity contribution in [1.82, 2.24) is 19.8 Å². The standard InChI is InChI=1S/C17H19F3N4/c18-17(19,20)13-24-8-6-23(7-9-24)12-14-10-21-16(22-11-14)15-4-2-1-3-5-15/h1-5,10-11H,6-9,12-13H2. The molecule has 0 atom stereocenters. The lowest BCUT2D eigenvalue weighted by molar-refractivity contribution is -0.149. The van der Waals surface area contributed by atoms with Gasteiger partial charge in [0.15, 0.2) is 5.82 Å². The van der Waals surface area contributed by atoms with Crippen molar-refractivity contribution in [3.05, 3.63) is 48.3 Å². The molecule has 2 heterocycles. The Kier molecular flexibility index (Phi) is 5.11. The summed E-state index contributed by atoms with van der Waals surface area (Å²) in [5, 5.41) is 0. The number of halogens is 3. The second-order valence-corrected chi connectivity index (χ2v) is 5.95. The molecule has 0 N–H and O–H groups in total. The van der Waals surface area contributed by atoms with Crippen LogP contribution in [0.5, 0.6) is 0 Å². The van der Waals surface area contributed by atoms with E-state index in [4.69, 9.17) is 0 Å². The van der Waals surface area contributed by atoms with E-state index in [1.165, 1.54) is 4.90 Å². The Bertz CT molecular complexity index is 635. The summed E-state index contributed by atoms with van der Waals surface area (Å²) in [5.41, 5.74) is 1.93. The quantitative estimate of drug-likeness (QED) is 0.859. The SMILES string of the molecule is FC(F)(F)CN1CCN(Cc2cnc(-c3ccccc3)nc2)CC1. The molecule has 0 radical (unpaired) electrons. The zero-order valence-corrected chi connectivity index (χ0v) is 13.2. The molecule has 0 bridgehead atoms. The van der Waals surface area contributed by atoms with Crippen LogP contribution in [0, 0.1) is 0 Å². The number of piperazine rings is 1. The Morgan fingerprint density at radius 1 is 0.875 bits per heavy atom. The topological polar surface area (TPSA) is 32.3 Å². The number of nitrogens with zero attached hydrogens (tertiary/aromatic N) is 4. The maximum Gasteiger partial charge on any atom is 0.401 e. The Morgan fingerprint density at radius 3 is 2.04 bits per heavy atom. The number of alkyl halides is 3. The predicted molar refractivity (Wildman–Crippen MR) is 85.2 cm³/mol. The van der Waals surface area contributed by atoms with Crippen LogP contribution >= 0.6 is 0 Å². The van der Waals surface area contributed by atoms with Gasteiger partial charge in [0.2, 0.25) is 0 Å². The zero-order chi connectivity index (χ0) is 17.0. The van der Waals surface area contributed by atoms with Crippen molar-refractivity contribution in [3.8, 4) is 11.4 Å². The van der Waals surface area contributed by atoms with Crippen molar-refractivity contribution >= 4 is 0 Å². The number of hydrogen-bond acceptors (Lipinski definition) is 4. The van der Waals surface area contributed by atoms with E-state index in [9.17, 15) is 13.2 Å². The highest BCUT2D eigenvalue weighted by Crippen LogP contribution is 2.18. The number of benzene rings is 1. The van der Waals surface area contributed by atoms with Crippen molar-refractivity contribution in [2.45, 2.75) is 12.7 Å². The van der Waals surface area contributed by atoms with Gasteiger partial charge >= 0.3 is 6.18 Å². The van der Waals surface area contributed by atoms with E-state index in [2.05, 4.69) is 14.9 Å². The summed E-state index contributed by atoms with van der Waals surface area (Å²) in [6.45, 7) is 1.95. The highest BCUT2D eigenvalue weighted by Gasteiger charge is 2.32. The van der Waals surface area contributed by atoms with E-state index in [1.807, 2.05) is 30.3 Å². The van der Waals surface area contributed by atoms with E-state index in [-0.39, 0.29) is 0 Å². The van der Waals surface area contributed by atoms with Crippen LogP contribution in [0.3, 0.4) is 0 Å². The van der Waals surface area contributed by atoms with E-state index >= 15 is 0 Å². The first-order valence-corrected chi connectivity index (χ1v) is 7.87. The van der Waals surface area contributed by atoms with Crippen molar-refractivity contribution in [1.29, 1.82) is 0 Å². The molecule has 0 spiro atoms. The van der Waals surface area contributed by atoms with Gasteiger partial charge in [0.05, 0.1) is 6.54 Å². The molecule has 1 aliphatic rings. The Morgan fingerprint density at radius 2 is 1.46 bits per heavy atom. The molecule has 3 rings (SSSR count). The fourth-order valence-corrected chi connectivity index (χ4v) is 2.79. The van der Waals surface area contributed by atoms with Gasteiger partial charge in [-0.2, -0.15) is 13.2 Å². The second kappa shape index (κ2) is 7.27. The van der Waals surface area contributed by atoms with E-state index < -0.39 is 12.7 Å². The van der Waals surface area contributed by atoms with Crippen LogP contribution < -0.4 is 0 Å². The highest BCUT2D eigenvalue weighted by molar-refractivity contribution is 5.53. The molecule has 1 saturated heterocycles. The molecule has 0 unspecified atom stereocenters. The van der Waals surface area contributed by atoms with Crippen molar-refractivity contribution < 1.29 is 13.2 Å².